The third kappa shape index (κ3) is 2.26. The summed E-state index contributed by atoms with van der Waals surface area (Å²) < 4.78 is 15.1. The molecule has 0 radical (unpaired) electrons. The topological polar surface area (TPSA) is 69.6 Å². The van der Waals surface area contributed by atoms with Crippen LogP contribution in [0.4, 0.5) is 10.1 Å². The number of rotatable bonds is 5. The first-order valence-corrected chi connectivity index (χ1v) is 6.92. The molecule has 20 heavy (non-hydrogen) atoms. The first-order chi connectivity index (χ1) is 9.57. The number of anilines is 1. The number of benzene rings is 1. The second-order valence-electron chi connectivity index (χ2n) is 4.94. The van der Waals surface area contributed by atoms with Gasteiger partial charge in [-0.05, 0) is 47.9 Å². The monoisotopic (exact) mass is 277 g/mol. The third-order valence-electron chi connectivity index (χ3n) is 4.15. The predicted molar refractivity (Wildman–Crippen MR) is 76.5 cm³/mol. The molecule has 0 atom stereocenters. The fourth-order valence-electron chi connectivity index (χ4n) is 2.57. The first-order valence-electron chi connectivity index (χ1n) is 6.92. The Labute approximate surface area is 118 Å². The van der Waals surface area contributed by atoms with Crippen LogP contribution in [0.5, 0.6) is 0 Å². The van der Waals surface area contributed by atoms with Crippen molar-refractivity contribution in [3.63, 3.8) is 0 Å². The highest BCUT2D eigenvalue weighted by atomic mass is 19.1. The lowest BCUT2D eigenvalue weighted by atomic mass is 9.89. The van der Waals surface area contributed by atoms with Gasteiger partial charge in [-0.25, -0.2) is 9.07 Å². The minimum atomic E-state index is -0.430. The molecule has 0 saturated heterocycles. The average Bonchev–Trinajstić information content (AvgIpc) is 2.95. The summed E-state index contributed by atoms with van der Waals surface area (Å²) >= 11 is 0. The highest BCUT2D eigenvalue weighted by Gasteiger charge is 2.30. The van der Waals surface area contributed by atoms with Crippen molar-refractivity contribution < 1.29 is 4.39 Å². The lowest BCUT2D eigenvalue weighted by Gasteiger charge is -2.31. The van der Waals surface area contributed by atoms with Crippen molar-refractivity contribution in [1.82, 2.24) is 20.2 Å². The van der Waals surface area contributed by atoms with Crippen LogP contribution in [-0.2, 0) is 5.54 Å². The van der Waals surface area contributed by atoms with E-state index < -0.39 is 5.82 Å². The zero-order valence-electron chi connectivity index (χ0n) is 12.1. The van der Waals surface area contributed by atoms with Crippen LogP contribution >= 0.6 is 0 Å². The molecular weight excluding hydrogens is 257 g/mol. The Bertz CT molecular complexity index is 581. The zero-order valence-corrected chi connectivity index (χ0v) is 12.1. The molecule has 0 fully saturated rings. The van der Waals surface area contributed by atoms with Gasteiger partial charge in [-0.15, -0.1) is 5.10 Å². The summed E-state index contributed by atoms with van der Waals surface area (Å²) in [5.41, 5.74) is 6.34. The van der Waals surface area contributed by atoms with Crippen molar-refractivity contribution in [3.05, 3.63) is 24.0 Å². The fraction of sp³-hybridized carbons (Fsp3) is 0.500. The minimum Gasteiger partial charge on any atom is -0.396 e. The van der Waals surface area contributed by atoms with Crippen LogP contribution in [0.1, 0.15) is 40.0 Å². The third-order valence-corrected chi connectivity index (χ3v) is 4.15. The highest BCUT2D eigenvalue weighted by Crippen LogP contribution is 2.32. The fourth-order valence-corrected chi connectivity index (χ4v) is 2.57. The van der Waals surface area contributed by atoms with E-state index in [0.29, 0.717) is 5.82 Å². The van der Waals surface area contributed by atoms with E-state index in [2.05, 4.69) is 36.3 Å². The Morgan fingerprint density at radius 3 is 2.40 bits per heavy atom. The number of halogens is 1. The molecular formula is C14H20FN5. The Hall–Kier alpha value is -1.98. The molecule has 0 aliphatic rings. The molecule has 0 aliphatic heterocycles. The van der Waals surface area contributed by atoms with Gasteiger partial charge in [0, 0.05) is 5.56 Å². The van der Waals surface area contributed by atoms with Gasteiger partial charge in [-0.3, -0.25) is 0 Å². The van der Waals surface area contributed by atoms with Crippen LogP contribution in [0.2, 0.25) is 0 Å². The number of nitrogens with zero attached hydrogens (tertiary/aromatic N) is 4. The van der Waals surface area contributed by atoms with Gasteiger partial charge < -0.3 is 5.73 Å². The summed E-state index contributed by atoms with van der Waals surface area (Å²) in [6, 6.07) is 4.57. The molecule has 5 nitrogen and oxygen atoms in total. The van der Waals surface area contributed by atoms with Gasteiger partial charge in [0.25, 0.3) is 0 Å². The van der Waals surface area contributed by atoms with Crippen molar-refractivity contribution in [2.75, 3.05) is 5.73 Å². The number of aromatic nitrogens is 4. The molecule has 1 aromatic carbocycles. The van der Waals surface area contributed by atoms with Gasteiger partial charge >= 0.3 is 0 Å². The lowest BCUT2D eigenvalue weighted by molar-refractivity contribution is 0.223. The van der Waals surface area contributed by atoms with Crippen LogP contribution in [-0.4, -0.2) is 20.2 Å². The van der Waals surface area contributed by atoms with Gasteiger partial charge in [0.05, 0.1) is 11.2 Å². The molecule has 1 heterocycles. The molecule has 6 heteroatoms. The van der Waals surface area contributed by atoms with Crippen molar-refractivity contribution in [2.45, 2.75) is 45.6 Å². The quantitative estimate of drug-likeness (QED) is 0.853. The molecule has 1 aromatic heterocycles. The van der Waals surface area contributed by atoms with Crippen molar-refractivity contribution in [1.29, 1.82) is 0 Å². The van der Waals surface area contributed by atoms with Gasteiger partial charge in [-0.1, -0.05) is 20.8 Å². The number of nitrogens with two attached hydrogens (primary N) is 1. The van der Waals surface area contributed by atoms with Crippen LogP contribution in [0.25, 0.3) is 11.4 Å². The summed E-state index contributed by atoms with van der Waals surface area (Å²) in [6.45, 7) is 6.37. The molecule has 108 valence electrons. The van der Waals surface area contributed by atoms with Crippen LogP contribution in [0, 0.1) is 5.82 Å². The molecule has 2 rings (SSSR count). The number of hydrogen-bond acceptors (Lipinski definition) is 4. The molecule has 2 N–H and O–H groups in total. The van der Waals surface area contributed by atoms with Crippen molar-refractivity contribution in [2.24, 2.45) is 0 Å². The molecule has 0 unspecified atom stereocenters. The van der Waals surface area contributed by atoms with Gasteiger partial charge in [0.1, 0.15) is 5.82 Å². The minimum absolute atomic E-state index is 0.104. The van der Waals surface area contributed by atoms with Crippen molar-refractivity contribution >= 4 is 5.69 Å². The van der Waals surface area contributed by atoms with E-state index in [9.17, 15) is 4.39 Å². The first kappa shape index (κ1) is 14.4. The smallest absolute Gasteiger partial charge is 0.182 e. The summed E-state index contributed by atoms with van der Waals surface area (Å²) in [5, 5.41) is 12.0. The number of hydrogen-bond donors (Lipinski definition) is 1. The highest BCUT2D eigenvalue weighted by molar-refractivity contribution is 5.61. The predicted octanol–water partition coefficient (Wildman–Crippen LogP) is 2.99. The zero-order chi connectivity index (χ0) is 14.8. The molecule has 0 spiro atoms. The van der Waals surface area contributed by atoms with Crippen LogP contribution in [0.15, 0.2) is 18.2 Å². The van der Waals surface area contributed by atoms with E-state index in [4.69, 9.17) is 5.73 Å². The normalized spacial score (nSPS) is 11.8. The van der Waals surface area contributed by atoms with Crippen LogP contribution in [0.3, 0.4) is 0 Å². The molecule has 2 aromatic rings. The van der Waals surface area contributed by atoms with E-state index in [-0.39, 0.29) is 11.2 Å². The van der Waals surface area contributed by atoms with Crippen LogP contribution < -0.4 is 5.73 Å². The largest absolute Gasteiger partial charge is 0.396 e. The van der Waals surface area contributed by atoms with E-state index in [0.717, 1.165) is 24.8 Å². The SMILES string of the molecule is CCC(CC)(CC)n1nnnc1-c1ccc(F)c(N)c1. The van der Waals surface area contributed by atoms with E-state index in [1.54, 1.807) is 12.1 Å². The second-order valence-corrected chi connectivity index (χ2v) is 4.94. The summed E-state index contributed by atoms with van der Waals surface area (Å²) in [4.78, 5) is 0. The molecule has 0 amide bonds. The van der Waals surface area contributed by atoms with Crippen molar-refractivity contribution in [3.8, 4) is 11.4 Å². The van der Waals surface area contributed by atoms with Gasteiger partial charge in [0.2, 0.25) is 0 Å². The Morgan fingerprint density at radius 1 is 1.20 bits per heavy atom. The number of nitrogen functional groups attached to an aromatic ring is 1. The summed E-state index contributed by atoms with van der Waals surface area (Å²) in [7, 11) is 0. The summed E-state index contributed by atoms with van der Waals surface area (Å²) in [6.07, 6.45) is 2.78. The van der Waals surface area contributed by atoms with E-state index in [1.807, 2.05) is 4.68 Å². The molecule has 0 aliphatic carbocycles. The second kappa shape index (κ2) is 5.56. The standard InChI is InChI=1S/C14H20FN5/c1-4-14(5-2,6-3)20-13(17-18-19-20)10-7-8-11(15)12(16)9-10/h7-9H,4-6,16H2,1-3H3. The van der Waals surface area contributed by atoms with E-state index >= 15 is 0 Å². The maximum absolute atomic E-state index is 13.3. The Morgan fingerprint density at radius 2 is 1.85 bits per heavy atom. The van der Waals surface area contributed by atoms with Gasteiger partial charge in [-0.2, -0.15) is 0 Å². The average molecular weight is 277 g/mol. The van der Waals surface area contributed by atoms with Gasteiger partial charge in [0.15, 0.2) is 5.82 Å². The Kier molecular flexibility index (Phi) is 4.01. The van der Waals surface area contributed by atoms with E-state index in [1.165, 1.54) is 6.07 Å². The maximum Gasteiger partial charge on any atom is 0.182 e. The molecule has 0 bridgehead atoms. The number of tetrazole rings is 1. The Balaban J connectivity index is 2.54. The lowest BCUT2D eigenvalue weighted by Crippen LogP contribution is -2.33. The maximum atomic E-state index is 13.3. The molecule has 0 saturated carbocycles. The summed E-state index contributed by atoms with van der Waals surface area (Å²) in [5.74, 6) is 0.197.